The SMILES string of the molecule is CCOC(=O)CNCc1cnc(C(C)(C)C)s1. The molecule has 0 aliphatic heterocycles. The molecule has 0 bridgehead atoms. The van der Waals surface area contributed by atoms with Gasteiger partial charge in [-0.1, -0.05) is 20.8 Å². The van der Waals surface area contributed by atoms with Gasteiger partial charge in [-0.3, -0.25) is 4.79 Å². The number of carbonyl (C=O) groups is 1. The molecule has 0 saturated carbocycles. The number of thiazole rings is 1. The first-order valence-corrected chi connectivity index (χ1v) is 6.56. The lowest BCUT2D eigenvalue weighted by Crippen LogP contribution is -2.23. The molecule has 0 radical (unpaired) electrons. The van der Waals surface area contributed by atoms with Crippen molar-refractivity contribution >= 4 is 17.3 Å². The first-order valence-electron chi connectivity index (χ1n) is 5.75. The molecule has 0 spiro atoms. The third-order valence-corrected chi connectivity index (χ3v) is 3.49. The predicted molar refractivity (Wildman–Crippen MR) is 69.2 cm³/mol. The van der Waals surface area contributed by atoms with Crippen LogP contribution in [0, 0.1) is 0 Å². The van der Waals surface area contributed by atoms with Gasteiger partial charge >= 0.3 is 5.97 Å². The fourth-order valence-electron chi connectivity index (χ4n) is 1.24. The Morgan fingerprint density at radius 1 is 1.53 bits per heavy atom. The van der Waals surface area contributed by atoms with Gasteiger partial charge in [-0.05, 0) is 6.92 Å². The molecule has 0 saturated heterocycles. The summed E-state index contributed by atoms with van der Waals surface area (Å²) >= 11 is 1.68. The molecule has 0 unspecified atom stereocenters. The largest absolute Gasteiger partial charge is 0.465 e. The van der Waals surface area contributed by atoms with Gasteiger partial charge in [0.15, 0.2) is 0 Å². The molecule has 4 nitrogen and oxygen atoms in total. The minimum atomic E-state index is -0.215. The van der Waals surface area contributed by atoms with E-state index in [0.29, 0.717) is 13.2 Å². The van der Waals surface area contributed by atoms with Crippen molar-refractivity contribution in [2.24, 2.45) is 0 Å². The highest BCUT2D eigenvalue weighted by Gasteiger charge is 2.17. The van der Waals surface area contributed by atoms with E-state index < -0.39 is 0 Å². The molecule has 17 heavy (non-hydrogen) atoms. The number of hydrogen-bond acceptors (Lipinski definition) is 5. The van der Waals surface area contributed by atoms with Gasteiger partial charge in [-0.2, -0.15) is 0 Å². The van der Waals surface area contributed by atoms with Crippen LogP contribution in [0.3, 0.4) is 0 Å². The maximum atomic E-state index is 11.1. The summed E-state index contributed by atoms with van der Waals surface area (Å²) in [5.41, 5.74) is 0.0874. The number of rotatable bonds is 5. The summed E-state index contributed by atoms with van der Waals surface area (Å²) in [7, 11) is 0. The number of aromatic nitrogens is 1. The zero-order valence-corrected chi connectivity index (χ0v) is 11.7. The van der Waals surface area contributed by atoms with Crippen LogP contribution in [0.15, 0.2) is 6.20 Å². The Labute approximate surface area is 106 Å². The summed E-state index contributed by atoms with van der Waals surface area (Å²) in [4.78, 5) is 16.6. The van der Waals surface area contributed by atoms with Crippen molar-refractivity contribution in [3.63, 3.8) is 0 Å². The molecule has 1 heterocycles. The van der Waals surface area contributed by atoms with Gasteiger partial charge in [0.25, 0.3) is 0 Å². The Bertz CT molecular complexity index is 369. The molecule has 0 atom stereocenters. The average molecular weight is 256 g/mol. The fraction of sp³-hybridized carbons (Fsp3) is 0.667. The van der Waals surface area contributed by atoms with E-state index in [1.54, 1.807) is 18.3 Å². The quantitative estimate of drug-likeness (QED) is 0.820. The lowest BCUT2D eigenvalue weighted by Gasteiger charge is -2.13. The minimum absolute atomic E-state index is 0.0874. The molecule has 0 aliphatic rings. The summed E-state index contributed by atoms with van der Waals surface area (Å²) in [6.45, 7) is 9.56. The molecular weight excluding hydrogens is 236 g/mol. The summed E-state index contributed by atoms with van der Waals surface area (Å²) in [6.07, 6.45) is 1.86. The van der Waals surface area contributed by atoms with Crippen LogP contribution in [-0.4, -0.2) is 24.1 Å². The Morgan fingerprint density at radius 3 is 2.76 bits per heavy atom. The lowest BCUT2D eigenvalue weighted by atomic mass is 9.98. The van der Waals surface area contributed by atoms with Crippen LogP contribution >= 0.6 is 11.3 Å². The molecule has 1 rings (SSSR count). The number of hydrogen-bond donors (Lipinski definition) is 1. The molecule has 1 aromatic heterocycles. The van der Waals surface area contributed by atoms with Crippen LogP contribution in [0.5, 0.6) is 0 Å². The Kier molecular flexibility index (Phi) is 5.08. The van der Waals surface area contributed by atoms with E-state index in [4.69, 9.17) is 4.74 Å². The van der Waals surface area contributed by atoms with Crippen molar-refractivity contribution in [2.75, 3.05) is 13.2 Å². The third kappa shape index (κ3) is 4.83. The van der Waals surface area contributed by atoms with Crippen molar-refractivity contribution in [3.05, 3.63) is 16.1 Å². The molecule has 1 aromatic rings. The number of ether oxygens (including phenoxy) is 1. The third-order valence-electron chi connectivity index (χ3n) is 2.07. The summed E-state index contributed by atoms with van der Waals surface area (Å²) < 4.78 is 4.83. The molecular formula is C12H20N2O2S. The van der Waals surface area contributed by atoms with Gasteiger partial charge < -0.3 is 10.1 Å². The van der Waals surface area contributed by atoms with Gasteiger partial charge in [-0.25, -0.2) is 4.98 Å². The van der Waals surface area contributed by atoms with Gasteiger partial charge in [0, 0.05) is 23.0 Å². The summed E-state index contributed by atoms with van der Waals surface area (Å²) in [6, 6.07) is 0. The fourth-order valence-corrected chi connectivity index (χ4v) is 2.18. The molecule has 0 aliphatic carbocycles. The lowest BCUT2D eigenvalue weighted by molar-refractivity contribution is -0.142. The molecule has 0 fully saturated rings. The standard InChI is InChI=1S/C12H20N2O2S/c1-5-16-10(15)8-13-6-9-7-14-11(17-9)12(2,3)4/h7,13H,5-6,8H2,1-4H3. The van der Waals surface area contributed by atoms with E-state index >= 15 is 0 Å². The molecule has 0 aromatic carbocycles. The van der Waals surface area contributed by atoms with E-state index in [9.17, 15) is 4.79 Å². The van der Waals surface area contributed by atoms with Crippen LogP contribution in [0.25, 0.3) is 0 Å². The molecule has 96 valence electrons. The first-order chi connectivity index (χ1) is 7.93. The molecule has 1 N–H and O–H groups in total. The Morgan fingerprint density at radius 2 is 2.24 bits per heavy atom. The van der Waals surface area contributed by atoms with Crippen molar-refractivity contribution in [1.29, 1.82) is 0 Å². The van der Waals surface area contributed by atoms with Gasteiger partial charge in [0.1, 0.15) is 0 Å². The predicted octanol–water partition coefficient (Wildman–Crippen LogP) is 2.09. The van der Waals surface area contributed by atoms with Crippen LogP contribution < -0.4 is 5.32 Å². The highest BCUT2D eigenvalue weighted by molar-refractivity contribution is 7.11. The van der Waals surface area contributed by atoms with E-state index in [-0.39, 0.29) is 17.9 Å². The number of nitrogens with zero attached hydrogens (tertiary/aromatic N) is 1. The highest BCUT2D eigenvalue weighted by Crippen LogP contribution is 2.26. The average Bonchev–Trinajstić information content (AvgIpc) is 2.66. The Balaban J connectivity index is 2.38. The van der Waals surface area contributed by atoms with Crippen molar-refractivity contribution in [2.45, 2.75) is 39.7 Å². The van der Waals surface area contributed by atoms with Gasteiger partial charge in [0.2, 0.25) is 0 Å². The number of nitrogens with one attached hydrogen (secondary N) is 1. The number of esters is 1. The first kappa shape index (κ1) is 14.1. The van der Waals surface area contributed by atoms with Crippen LogP contribution in [0.1, 0.15) is 37.6 Å². The smallest absolute Gasteiger partial charge is 0.319 e. The van der Waals surface area contributed by atoms with Crippen molar-refractivity contribution in [3.8, 4) is 0 Å². The summed E-state index contributed by atoms with van der Waals surface area (Å²) in [5, 5.41) is 4.16. The second kappa shape index (κ2) is 6.12. The van der Waals surface area contributed by atoms with Crippen LogP contribution in [0.2, 0.25) is 0 Å². The zero-order chi connectivity index (χ0) is 12.9. The number of carbonyl (C=O) groups excluding carboxylic acids is 1. The topological polar surface area (TPSA) is 51.2 Å². The maximum absolute atomic E-state index is 11.1. The second-order valence-electron chi connectivity index (χ2n) is 4.79. The molecule has 0 amide bonds. The van der Waals surface area contributed by atoms with Crippen molar-refractivity contribution in [1.82, 2.24) is 10.3 Å². The summed E-state index contributed by atoms with van der Waals surface area (Å²) in [5.74, 6) is -0.215. The minimum Gasteiger partial charge on any atom is -0.465 e. The van der Waals surface area contributed by atoms with Crippen molar-refractivity contribution < 1.29 is 9.53 Å². The maximum Gasteiger partial charge on any atom is 0.319 e. The molecule has 5 heteroatoms. The second-order valence-corrected chi connectivity index (χ2v) is 5.91. The van der Waals surface area contributed by atoms with Gasteiger partial charge in [-0.15, -0.1) is 11.3 Å². The van der Waals surface area contributed by atoms with E-state index in [0.717, 1.165) is 9.88 Å². The zero-order valence-electron chi connectivity index (χ0n) is 10.9. The van der Waals surface area contributed by atoms with E-state index in [1.165, 1.54) is 0 Å². The van der Waals surface area contributed by atoms with Crippen LogP contribution in [0.4, 0.5) is 0 Å². The Hall–Kier alpha value is -0.940. The normalized spacial score (nSPS) is 11.5. The van der Waals surface area contributed by atoms with E-state index in [1.807, 2.05) is 6.20 Å². The monoisotopic (exact) mass is 256 g/mol. The highest BCUT2D eigenvalue weighted by atomic mass is 32.1. The van der Waals surface area contributed by atoms with E-state index in [2.05, 4.69) is 31.1 Å². The van der Waals surface area contributed by atoms with Gasteiger partial charge in [0.05, 0.1) is 18.2 Å². The van der Waals surface area contributed by atoms with Crippen LogP contribution in [-0.2, 0) is 21.5 Å².